The third kappa shape index (κ3) is 7.79. The average molecular weight is 486 g/mol. The molecule has 0 unspecified atom stereocenters. The number of likely N-dealkylation sites (N-methyl/N-ethyl adjacent to an activating group) is 1. The molecular weight excluding hydrogens is 446 g/mol. The lowest BCUT2D eigenvalue weighted by Gasteiger charge is -2.33. The van der Waals surface area contributed by atoms with Gasteiger partial charge in [-0.25, -0.2) is 4.79 Å². The molecule has 1 amide bonds. The van der Waals surface area contributed by atoms with Crippen molar-refractivity contribution in [2.75, 3.05) is 7.05 Å². The molecular formula is C28H39NO6. The van der Waals surface area contributed by atoms with Crippen molar-refractivity contribution in [3.63, 3.8) is 0 Å². The van der Waals surface area contributed by atoms with Crippen LogP contribution < -0.4 is 0 Å². The van der Waals surface area contributed by atoms with Crippen molar-refractivity contribution in [3.05, 3.63) is 59.7 Å². The van der Waals surface area contributed by atoms with Gasteiger partial charge in [-0.1, -0.05) is 63.3 Å². The summed E-state index contributed by atoms with van der Waals surface area (Å²) < 4.78 is 11.5. The number of aliphatic hydroxyl groups excluding tert-OH is 1. The molecule has 1 heterocycles. The van der Waals surface area contributed by atoms with Gasteiger partial charge in [-0.3, -0.25) is 9.59 Å². The lowest BCUT2D eigenvalue weighted by Crippen LogP contribution is -2.46. The van der Waals surface area contributed by atoms with E-state index in [9.17, 15) is 19.5 Å². The summed E-state index contributed by atoms with van der Waals surface area (Å²) in [5.74, 6) is -2.23. The Bertz CT molecular complexity index is 940. The first kappa shape index (κ1) is 28.3. The molecule has 35 heavy (non-hydrogen) atoms. The van der Waals surface area contributed by atoms with Crippen molar-refractivity contribution in [2.45, 2.75) is 72.3 Å². The van der Waals surface area contributed by atoms with Crippen LogP contribution in [0.4, 0.5) is 0 Å². The number of nitrogens with zero attached hydrogens (tertiary/aromatic N) is 1. The molecule has 0 bridgehead atoms. The molecule has 2 rings (SSSR count). The van der Waals surface area contributed by atoms with Gasteiger partial charge >= 0.3 is 11.9 Å². The molecule has 7 heteroatoms. The zero-order valence-electron chi connectivity index (χ0n) is 21.8. The van der Waals surface area contributed by atoms with Crippen LogP contribution in [0.25, 0.3) is 0 Å². The molecule has 0 aliphatic carbocycles. The van der Waals surface area contributed by atoms with Crippen LogP contribution in [0.15, 0.2) is 54.1 Å². The fraction of sp³-hybridized carbons (Fsp3) is 0.536. The number of carbonyl (C=O) groups excluding carboxylic acids is 3. The molecule has 0 spiro atoms. The highest BCUT2D eigenvalue weighted by atomic mass is 16.6. The number of hydrogen-bond donors (Lipinski definition) is 1. The second-order valence-electron chi connectivity index (χ2n) is 9.66. The van der Waals surface area contributed by atoms with Crippen LogP contribution in [0.1, 0.15) is 47.1 Å². The van der Waals surface area contributed by atoms with Crippen molar-refractivity contribution < 1.29 is 29.0 Å². The van der Waals surface area contributed by atoms with Crippen LogP contribution in [-0.4, -0.2) is 59.3 Å². The normalized spacial score (nSPS) is 33.5. The minimum atomic E-state index is -0.848. The predicted octanol–water partition coefficient (Wildman–Crippen LogP) is 3.70. The maximum absolute atomic E-state index is 13.3. The number of esters is 2. The van der Waals surface area contributed by atoms with E-state index in [4.69, 9.17) is 9.47 Å². The highest BCUT2D eigenvalue weighted by Crippen LogP contribution is 2.27. The van der Waals surface area contributed by atoms with Gasteiger partial charge in [0.15, 0.2) is 0 Å². The molecule has 1 aromatic rings. The maximum Gasteiger partial charge on any atom is 0.329 e. The summed E-state index contributed by atoms with van der Waals surface area (Å²) in [4.78, 5) is 39.6. The van der Waals surface area contributed by atoms with Crippen LogP contribution in [0, 0.1) is 17.8 Å². The van der Waals surface area contributed by atoms with E-state index in [1.165, 1.54) is 17.9 Å². The Kier molecular flexibility index (Phi) is 10.3. The number of amides is 1. The highest BCUT2D eigenvalue weighted by molar-refractivity contribution is 5.91. The lowest BCUT2D eigenvalue weighted by atomic mass is 9.86. The van der Waals surface area contributed by atoms with E-state index in [1.54, 1.807) is 20.0 Å². The summed E-state index contributed by atoms with van der Waals surface area (Å²) in [5, 5.41) is 10.8. The first-order chi connectivity index (χ1) is 16.4. The largest absolute Gasteiger partial charge is 0.462 e. The topological polar surface area (TPSA) is 93.1 Å². The third-order valence-electron chi connectivity index (χ3n) is 6.77. The average Bonchev–Trinajstić information content (AvgIpc) is 2.82. The maximum atomic E-state index is 13.3. The quantitative estimate of drug-likeness (QED) is 0.518. The van der Waals surface area contributed by atoms with Gasteiger partial charge in [0.2, 0.25) is 5.91 Å². The molecule has 1 aliphatic rings. The highest BCUT2D eigenvalue weighted by Gasteiger charge is 2.35. The number of ether oxygens (including phenoxy) is 2. The van der Waals surface area contributed by atoms with Crippen LogP contribution in [0.5, 0.6) is 0 Å². The van der Waals surface area contributed by atoms with Gasteiger partial charge in [-0.15, -0.1) is 0 Å². The molecule has 1 aromatic carbocycles. The molecule has 0 saturated heterocycles. The van der Waals surface area contributed by atoms with Crippen LogP contribution >= 0.6 is 0 Å². The zero-order valence-corrected chi connectivity index (χ0v) is 21.8. The summed E-state index contributed by atoms with van der Waals surface area (Å²) in [6.45, 7) is 10.5. The van der Waals surface area contributed by atoms with Gasteiger partial charge in [-0.2, -0.15) is 0 Å². The fourth-order valence-electron chi connectivity index (χ4n) is 4.37. The third-order valence-corrected chi connectivity index (χ3v) is 6.77. The molecule has 0 fully saturated rings. The second kappa shape index (κ2) is 12.7. The van der Waals surface area contributed by atoms with Crippen molar-refractivity contribution in [1.82, 2.24) is 4.90 Å². The zero-order chi connectivity index (χ0) is 26.3. The number of benzene rings is 1. The van der Waals surface area contributed by atoms with Gasteiger partial charge < -0.3 is 19.5 Å². The smallest absolute Gasteiger partial charge is 0.329 e. The minimum Gasteiger partial charge on any atom is -0.462 e. The number of carbonyl (C=O) groups is 3. The summed E-state index contributed by atoms with van der Waals surface area (Å²) >= 11 is 0. The number of rotatable bonds is 3. The molecule has 192 valence electrons. The van der Waals surface area contributed by atoms with E-state index >= 15 is 0 Å². The molecule has 7 atom stereocenters. The number of hydrogen-bond acceptors (Lipinski definition) is 6. The Morgan fingerprint density at radius 2 is 1.71 bits per heavy atom. The van der Waals surface area contributed by atoms with Crippen molar-refractivity contribution in [3.8, 4) is 0 Å². The SMILES string of the molecule is CC(=O)O[C@H]1[C@@H](C)[C@H](C)OC(=O)[C@H](Cc2ccccc2)N(C)C(=O)/C=C/[C@@H](C)[C@H](O)/C(C)=C\[C@@H]1C. The van der Waals surface area contributed by atoms with E-state index in [-0.39, 0.29) is 23.7 Å². The summed E-state index contributed by atoms with van der Waals surface area (Å²) in [5.41, 5.74) is 1.60. The van der Waals surface area contributed by atoms with E-state index in [0.717, 1.165) is 5.56 Å². The van der Waals surface area contributed by atoms with E-state index in [1.807, 2.05) is 64.1 Å². The van der Waals surface area contributed by atoms with Crippen LogP contribution in [0.3, 0.4) is 0 Å². The Balaban J connectivity index is 2.49. The van der Waals surface area contributed by atoms with Crippen LogP contribution in [-0.2, 0) is 30.3 Å². The van der Waals surface area contributed by atoms with Gasteiger partial charge in [0.25, 0.3) is 0 Å². The summed E-state index contributed by atoms with van der Waals surface area (Å²) in [6.07, 6.45) is 3.22. The summed E-state index contributed by atoms with van der Waals surface area (Å²) in [6, 6.07) is 8.59. The Morgan fingerprint density at radius 3 is 2.31 bits per heavy atom. The van der Waals surface area contributed by atoms with Gasteiger partial charge in [0.05, 0.1) is 6.10 Å². The Labute approximate surface area is 208 Å². The fourth-order valence-corrected chi connectivity index (χ4v) is 4.37. The molecule has 0 saturated carbocycles. The van der Waals surface area contributed by atoms with Gasteiger partial charge in [0.1, 0.15) is 18.2 Å². The van der Waals surface area contributed by atoms with Crippen molar-refractivity contribution >= 4 is 17.8 Å². The molecule has 1 aliphatic heterocycles. The minimum absolute atomic E-state index is 0.240. The molecule has 0 aromatic heterocycles. The van der Waals surface area contributed by atoms with E-state index < -0.39 is 36.3 Å². The number of cyclic esters (lactones) is 1. The Hall–Kier alpha value is -2.93. The molecule has 7 nitrogen and oxygen atoms in total. The molecule has 0 radical (unpaired) electrons. The lowest BCUT2D eigenvalue weighted by molar-refractivity contribution is -0.165. The van der Waals surface area contributed by atoms with Gasteiger partial charge in [0, 0.05) is 38.1 Å². The van der Waals surface area contributed by atoms with Gasteiger partial charge in [-0.05, 0) is 31.1 Å². The van der Waals surface area contributed by atoms with E-state index in [0.29, 0.717) is 12.0 Å². The van der Waals surface area contributed by atoms with Crippen molar-refractivity contribution in [2.24, 2.45) is 17.8 Å². The first-order valence-electron chi connectivity index (χ1n) is 12.1. The second-order valence-corrected chi connectivity index (χ2v) is 9.66. The monoisotopic (exact) mass is 485 g/mol. The Morgan fingerprint density at radius 1 is 1.09 bits per heavy atom. The van der Waals surface area contributed by atoms with Crippen molar-refractivity contribution in [1.29, 1.82) is 0 Å². The first-order valence-corrected chi connectivity index (χ1v) is 12.1. The summed E-state index contributed by atoms with van der Waals surface area (Å²) in [7, 11) is 1.57. The standard InChI is InChI=1S/C28H39NO6/c1-17-13-14-25(31)29(7)24(16-23-11-9-8-10-12-23)28(33)34-21(5)20(4)27(35-22(6)30)19(3)15-18(2)26(17)32/h8-15,17,19-21,24,26-27,32H,16H2,1-7H3/b14-13+,18-15-/t17-,19+,20+,21+,24+,26+,27-/m1/s1. The predicted molar refractivity (Wildman–Crippen MR) is 134 cm³/mol. The molecule has 1 N–H and O–H groups in total. The van der Waals surface area contributed by atoms with E-state index in [2.05, 4.69) is 0 Å². The van der Waals surface area contributed by atoms with Crippen LogP contribution in [0.2, 0.25) is 0 Å². The number of aliphatic hydroxyl groups is 1.